The molecule has 0 bridgehead atoms. The molecule has 0 aromatic heterocycles. The van der Waals surface area contributed by atoms with Crippen LogP contribution in [0.3, 0.4) is 0 Å². The van der Waals surface area contributed by atoms with Gasteiger partial charge in [0.05, 0.1) is 17.1 Å². The first-order valence-electron chi connectivity index (χ1n) is 11.8. The second-order valence-corrected chi connectivity index (χ2v) is 11.2. The minimum atomic E-state index is -1.72. The molecule has 0 radical (unpaired) electrons. The monoisotopic (exact) mass is 568 g/mol. The summed E-state index contributed by atoms with van der Waals surface area (Å²) in [6.45, 7) is 6.22. The summed E-state index contributed by atoms with van der Waals surface area (Å²) in [5, 5.41) is 11.5. The molecule has 1 atom stereocenters. The number of nitrogens with one attached hydrogen (secondary N) is 1. The predicted molar refractivity (Wildman–Crippen MR) is 146 cm³/mol. The number of amides is 3. The van der Waals surface area contributed by atoms with Crippen molar-refractivity contribution in [3.8, 4) is 0 Å². The molecular formula is C25H30Cl2N4O5S. The average Bonchev–Trinajstić information content (AvgIpc) is 3.24. The Labute approximate surface area is 228 Å². The lowest BCUT2D eigenvalue weighted by Crippen LogP contribution is -2.53. The predicted octanol–water partition coefficient (Wildman–Crippen LogP) is 3.41. The maximum absolute atomic E-state index is 13.4. The van der Waals surface area contributed by atoms with E-state index in [1.807, 2.05) is 6.07 Å². The van der Waals surface area contributed by atoms with Crippen LogP contribution in [0.25, 0.3) is 0 Å². The number of anilines is 2. The van der Waals surface area contributed by atoms with Gasteiger partial charge in [0.2, 0.25) is 5.91 Å². The molecule has 2 aromatic rings. The zero-order valence-electron chi connectivity index (χ0n) is 20.9. The summed E-state index contributed by atoms with van der Waals surface area (Å²) in [6, 6.07) is 9.81. The van der Waals surface area contributed by atoms with Crippen LogP contribution in [-0.2, 0) is 27.0 Å². The number of aliphatic hydroxyl groups is 1. The van der Waals surface area contributed by atoms with Crippen LogP contribution in [0.4, 0.5) is 16.2 Å². The van der Waals surface area contributed by atoms with E-state index in [1.165, 1.54) is 16.1 Å². The summed E-state index contributed by atoms with van der Waals surface area (Å²) in [5.74, 6) is -0.329. The third-order valence-electron chi connectivity index (χ3n) is 5.39. The number of hydrogen-bond acceptors (Lipinski definition) is 5. The van der Waals surface area contributed by atoms with Crippen LogP contribution < -0.4 is 14.5 Å². The van der Waals surface area contributed by atoms with Crippen molar-refractivity contribution in [3.05, 3.63) is 52.0 Å². The smallest absolute Gasteiger partial charge is 0.325 e. The topological polar surface area (TPSA) is 110 Å². The molecule has 200 valence electrons. The standard InChI is InChI=1S/C22H22Cl2N4O4S.C3H8O/c1-14(29)12-28(33(32)19-10-16(23)9-17(24)11-19)18-2-3-20-15(8-18)4-6-27(20)22(31)26-7-5-25-21(30)13-26;1-3(2)4/h2-3,8-11H,4-7,12-13H2,1H3,(H,25,30);3-4H,1-2H3. The normalized spacial score (nSPS) is 15.5. The molecule has 1 saturated heterocycles. The SMILES string of the molecule is CC(=O)CN(c1ccc2c(c1)CCN2C(=O)N1CCNC(=O)C1)S(=O)c1cc(Cl)cc(Cl)c1.CC(C)O. The van der Waals surface area contributed by atoms with Crippen molar-refractivity contribution in [2.24, 2.45) is 0 Å². The largest absolute Gasteiger partial charge is 0.394 e. The number of fused-ring (bicyclic) bond motifs is 1. The second-order valence-electron chi connectivity index (χ2n) is 8.96. The number of ketones is 1. The second kappa shape index (κ2) is 12.7. The molecule has 0 spiro atoms. The third-order valence-corrected chi connectivity index (χ3v) is 7.21. The Morgan fingerprint density at radius 3 is 2.38 bits per heavy atom. The number of Topliss-reactive ketones (excluding diaryl/α,β-unsaturated/α-hetero) is 1. The summed E-state index contributed by atoms with van der Waals surface area (Å²) in [4.78, 5) is 40.2. The fourth-order valence-corrected chi connectivity index (χ4v) is 5.89. The highest BCUT2D eigenvalue weighted by Crippen LogP contribution is 2.34. The van der Waals surface area contributed by atoms with Gasteiger partial charge < -0.3 is 15.3 Å². The van der Waals surface area contributed by atoms with E-state index >= 15 is 0 Å². The van der Waals surface area contributed by atoms with E-state index in [9.17, 15) is 18.6 Å². The molecule has 3 amide bonds. The lowest BCUT2D eigenvalue weighted by atomic mass is 10.1. The fraction of sp³-hybridized carbons (Fsp3) is 0.400. The summed E-state index contributed by atoms with van der Waals surface area (Å²) in [7, 11) is -1.72. The maximum Gasteiger partial charge on any atom is 0.325 e. The lowest BCUT2D eigenvalue weighted by molar-refractivity contribution is -0.123. The first-order valence-corrected chi connectivity index (χ1v) is 13.6. The van der Waals surface area contributed by atoms with Crippen molar-refractivity contribution >= 4 is 63.3 Å². The van der Waals surface area contributed by atoms with Gasteiger partial charge in [0.1, 0.15) is 12.3 Å². The zero-order valence-corrected chi connectivity index (χ0v) is 23.2. The van der Waals surface area contributed by atoms with Crippen LogP contribution in [0.15, 0.2) is 41.3 Å². The molecule has 2 aliphatic rings. The number of halogens is 2. The van der Waals surface area contributed by atoms with Crippen molar-refractivity contribution in [1.29, 1.82) is 0 Å². The minimum absolute atomic E-state index is 0.0380. The van der Waals surface area contributed by atoms with E-state index in [4.69, 9.17) is 28.3 Å². The molecule has 37 heavy (non-hydrogen) atoms. The molecule has 1 unspecified atom stereocenters. The quantitative estimate of drug-likeness (QED) is 0.574. The van der Waals surface area contributed by atoms with Crippen molar-refractivity contribution in [2.75, 3.05) is 41.9 Å². The first-order chi connectivity index (χ1) is 17.5. The van der Waals surface area contributed by atoms with Crippen molar-refractivity contribution < 1.29 is 23.7 Å². The Bertz CT molecular complexity index is 1190. The number of nitrogens with zero attached hydrogens (tertiary/aromatic N) is 3. The maximum atomic E-state index is 13.4. The highest BCUT2D eigenvalue weighted by molar-refractivity contribution is 7.86. The highest BCUT2D eigenvalue weighted by Gasteiger charge is 2.31. The van der Waals surface area contributed by atoms with Gasteiger partial charge in [-0.3, -0.25) is 18.8 Å². The molecule has 1 fully saturated rings. The van der Waals surface area contributed by atoms with Gasteiger partial charge in [-0.1, -0.05) is 23.2 Å². The molecule has 2 N–H and O–H groups in total. The minimum Gasteiger partial charge on any atom is -0.394 e. The van der Waals surface area contributed by atoms with E-state index in [-0.39, 0.29) is 36.9 Å². The van der Waals surface area contributed by atoms with Gasteiger partial charge in [0.25, 0.3) is 0 Å². The molecule has 4 rings (SSSR count). The van der Waals surface area contributed by atoms with Gasteiger partial charge in [-0.25, -0.2) is 9.00 Å². The Balaban J connectivity index is 0.000000886. The molecule has 0 aliphatic carbocycles. The molecule has 2 aromatic carbocycles. The van der Waals surface area contributed by atoms with Crippen LogP contribution in [0.5, 0.6) is 0 Å². The number of benzene rings is 2. The Morgan fingerprint density at radius 2 is 1.78 bits per heavy atom. The number of piperazine rings is 1. The molecule has 2 aliphatic heterocycles. The molecule has 9 nitrogen and oxygen atoms in total. The number of rotatable bonds is 5. The van der Waals surface area contributed by atoms with Crippen LogP contribution in [0, 0.1) is 0 Å². The number of aliphatic hydroxyl groups excluding tert-OH is 1. The van der Waals surface area contributed by atoms with Crippen molar-refractivity contribution in [2.45, 2.75) is 38.2 Å². The first kappa shape index (κ1) is 28.9. The highest BCUT2D eigenvalue weighted by atomic mass is 35.5. The lowest BCUT2D eigenvalue weighted by Gasteiger charge is -2.31. The molecular weight excluding hydrogens is 539 g/mol. The van der Waals surface area contributed by atoms with Gasteiger partial charge in [0, 0.05) is 41.5 Å². The molecule has 12 heteroatoms. The van der Waals surface area contributed by atoms with Gasteiger partial charge >= 0.3 is 6.03 Å². The number of carbonyl (C=O) groups excluding carboxylic acids is 3. The number of urea groups is 1. The van der Waals surface area contributed by atoms with Crippen LogP contribution in [-0.4, -0.2) is 70.8 Å². The zero-order chi connectivity index (χ0) is 27.3. The summed E-state index contributed by atoms with van der Waals surface area (Å²) in [6.07, 6.45) is 0.443. The van der Waals surface area contributed by atoms with Gasteiger partial charge in [-0.2, -0.15) is 0 Å². The van der Waals surface area contributed by atoms with Gasteiger partial charge in [0.15, 0.2) is 11.0 Å². The van der Waals surface area contributed by atoms with E-state index in [0.29, 0.717) is 46.7 Å². The van der Waals surface area contributed by atoms with Crippen molar-refractivity contribution in [1.82, 2.24) is 10.2 Å². The Morgan fingerprint density at radius 1 is 1.14 bits per heavy atom. The number of hydrogen-bond donors (Lipinski definition) is 2. The summed E-state index contributed by atoms with van der Waals surface area (Å²) in [5.41, 5.74) is 2.23. The fourth-order valence-electron chi connectivity index (χ4n) is 3.92. The average molecular weight is 570 g/mol. The Hall–Kier alpha value is -2.66. The van der Waals surface area contributed by atoms with Crippen LogP contribution in [0.2, 0.25) is 10.0 Å². The van der Waals surface area contributed by atoms with Crippen molar-refractivity contribution in [3.63, 3.8) is 0 Å². The van der Waals surface area contributed by atoms with E-state index in [0.717, 1.165) is 11.3 Å². The van der Waals surface area contributed by atoms with Crippen LogP contribution >= 0.6 is 23.2 Å². The van der Waals surface area contributed by atoms with Crippen LogP contribution in [0.1, 0.15) is 26.3 Å². The summed E-state index contributed by atoms with van der Waals surface area (Å²) >= 11 is 12.2. The van der Waals surface area contributed by atoms with Gasteiger partial charge in [-0.15, -0.1) is 0 Å². The third kappa shape index (κ3) is 7.67. The molecule has 2 heterocycles. The number of carbonyl (C=O) groups is 3. The van der Waals surface area contributed by atoms with E-state index in [2.05, 4.69) is 5.32 Å². The summed E-state index contributed by atoms with van der Waals surface area (Å²) < 4.78 is 14.8. The van der Waals surface area contributed by atoms with E-state index in [1.54, 1.807) is 49.1 Å². The van der Waals surface area contributed by atoms with E-state index < -0.39 is 11.0 Å². The van der Waals surface area contributed by atoms with Gasteiger partial charge in [-0.05, 0) is 69.2 Å². The molecule has 0 saturated carbocycles. The Kier molecular flexibility index (Phi) is 9.94.